The Morgan fingerprint density at radius 1 is 1.38 bits per heavy atom. The fourth-order valence-corrected chi connectivity index (χ4v) is 1.71. The van der Waals surface area contributed by atoms with E-state index in [1.54, 1.807) is 0 Å². The molecule has 3 heteroatoms. The van der Waals surface area contributed by atoms with Gasteiger partial charge < -0.3 is 18.4 Å². The third-order valence-corrected chi connectivity index (χ3v) is 3.43. The third kappa shape index (κ3) is 8.40. The zero-order chi connectivity index (χ0) is 10.1. The molecule has 0 fully saturated rings. The van der Waals surface area contributed by atoms with Gasteiger partial charge in [-0.3, -0.25) is 0 Å². The summed E-state index contributed by atoms with van der Waals surface area (Å²) in [7, 11) is 0. The SMILES string of the molecule is CC([S-])C[NH-].[CH3][Ge][c]1ccccc1. The molecule has 1 aromatic carbocycles. The molecule has 0 aliphatic rings. The first-order chi connectivity index (χ1) is 6.20. The van der Waals surface area contributed by atoms with Crippen molar-refractivity contribution < 1.29 is 0 Å². The summed E-state index contributed by atoms with van der Waals surface area (Å²) < 4.78 is 1.53. The zero-order valence-corrected chi connectivity index (χ0v) is 11.0. The monoisotopic (exact) mass is 255 g/mol. The van der Waals surface area contributed by atoms with E-state index in [1.807, 2.05) is 6.92 Å². The minimum absolute atomic E-state index is 0.134. The summed E-state index contributed by atoms with van der Waals surface area (Å²) in [5.74, 6) is 2.29. The second kappa shape index (κ2) is 8.66. The molecule has 0 aliphatic heterocycles. The summed E-state index contributed by atoms with van der Waals surface area (Å²) >= 11 is 4.79. The van der Waals surface area contributed by atoms with Gasteiger partial charge in [-0.1, -0.05) is 6.92 Å². The quantitative estimate of drug-likeness (QED) is 0.585. The molecular weight excluding hydrogens is 239 g/mol. The Labute approximate surface area is 93.0 Å². The summed E-state index contributed by atoms with van der Waals surface area (Å²) in [6.45, 7) is 2.22. The summed E-state index contributed by atoms with van der Waals surface area (Å²) in [4.78, 5) is 0. The second-order valence-corrected chi connectivity index (χ2v) is 5.70. The fraction of sp³-hybridized carbons (Fsp3) is 0.400. The topological polar surface area (TPSA) is 23.8 Å². The van der Waals surface area contributed by atoms with Crippen LogP contribution in [0.15, 0.2) is 30.3 Å². The summed E-state index contributed by atoms with van der Waals surface area (Å²) in [6.07, 6.45) is 0. The molecule has 0 saturated heterocycles. The van der Waals surface area contributed by atoms with Crippen LogP contribution in [0.4, 0.5) is 0 Å². The van der Waals surface area contributed by atoms with Crippen LogP contribution in [0.5, 0.6) is 0 Å². The van der Waals surface area contributed by atoms with E-state index in [0.29, 0.717) is 6.54 Å². The Morgan fingerprint density at radius 3 is 2.08 bits per heavy atom. The van der Waals surface area contributed by atoms with Gasteiger partial charge in [0.1, 0.15) is 0 Å². The van der Waals surface area contributed by atoms with E-state index in [4.69, 9.17) is 5.73 Å². The Hall–Kier alpha value is 0.0729. The molecule has 1 N–H and O–H groups in total. The molecular formula is C10H15GeNS-2. The zero-order valence-electron chi connectivity index (χ0n) is 8.08. The van der Waals surface area contributed by atoms with Crippen molar-refractivity contribution in [2.75, 3.05) is 6.54 Å². The van der Waals surface area contributed by atoms with Crippen LogP contribution in [0, 0.1) is 0 Å². The van der Waals surface area contributed by atoms with Crippen LogP contribution in [-0.4, -0.2) is 27.2 Å². The number of rotatable bonds is 2. The van der Waals surface area contributed by atoms with Crippen molar-refractivity contribution >= 4 is 32.5 Å². The molecule has 0 aliphatic carbocycles. The number of nitrogens with one attached hydrogen (secondary N) is 1. The fourth-order valence-electron chi connectivity index (χ4n) is 0.605. The van der Waals surface area contributed by atoms with E-state index >= 15 is 0 Å². The molecule has 0 spiro atoms. The molecule has 0 amide bonds. The Morgan fingerprint density at radius 2 is 1.85 bits per heavy atom. The van der Waals surface area contributed by atoms with E-state index in [-0.39, 0.29) is 20.7 Å². The molecule has 0 aromatic heterocycles. The standard InChI is InChI=1S/C7H8Ge.C3H8NS/c1-8-7-5-3-2-4-6-7;1-3(5)2-4/h2-6H,1H3;3-5H,2H2,1H3/q;-1/p-1. The molecule has 72 valence electrons. The van der Waals surface area contributed by atoms with Crippen LogP contribution in [-0.2, 0) is 12.6 Å². The first kappa shape index (κ1) is 13.1. The third-order valence-electron chi connectivity index (χ3n) is 1.35. The number of hydrogen-bond donors (Lipinski definition) is 0. The number of benzene rings is 1. The molecule has 2 radical (unpaired) electrons. The number of hydrogen-bond acceptors (Lipinski definition) is 1. The maximum absolute atomic E-state index is 6.55. The van der Waals surface area contributed by atoms with Crippen molar-refractivity contribution in [3.05, 3.63) is 36.1 Å². The van der Waals surface area contributed by atoms with Gasteiger partial charge in [-0.25, -0.2) is 0 Å². The first-order valence-corrected chi connectivity index (χ1v) is 7.85. The molecule has 0 heterocycles. The van der Waals surface area contributed by atoms with Crippen molar-refractivity contribution in [1.29, 1.82) is 0 Å². The molecule has 1 rings (SSSR count). The van der Waals surface area contributed by atoms with Crippen LogP contribution >= 0.6 is 0 Å². The van der Waals surface area contributed by atoms with Crippen LogP contribution in [0.3, 0.4) is 0 Å². The summed E-state index contributed by atoms with van der Waals surface area (Å²) in [5, 5.41) is 0.134. The van der Waals surface area contributed by atoms with E-state index in [0.717, 1.165) is 0 Å². The summed E-state index contributed by atoms with van der Waals surface area (Å²) in [6, 6.07) is 10.6. The second-order valence-electron chi connectivity index (χ2n) is 2.63. The Bertz CT molecular complexity index is 201. The van der Waals surface area contributed by atoms with E-state index in [9.17, 15) is 0 Å². The van der Waals surface area contributed by atoms with Crippen LogP contribution in [0.1, 0.15) is 6.92 Å². The van der Waals surface area contributed by atoms with Gasteiger partial charge in [0.15, 0.2) is 0 Å². The molecule has 1 nitrogen and oxygen atoms in total. The van der Waals surface area contributed by atoms with E-state index < -0.39 is 0 Å². The molecule has 1 atom stereocenters. The van der Waals surface area contributed by atoms with Gasteiger partial charge in [0, 0.05) is 0 Å². The van der Waals surface area contributed by atoms with E-state index in [2.05, 4.69) is 48.7 Å². The first-order valence-electron chi connectivity index (χ1n) is 4.24. The molecule has 1 unspecified atom stereocenters. The van der Waals surface area contributed by atoms with Crippen molar-refractivity contribution in [2.24, 2.45) is 0 Å². The molecule has 13 heavy (non-hydrogen) atoms. The van der Waals surface area contributed by atoms with Gasteiger partial charge in [-0.05, 0) is 0 Å². The van der Waals surface area contributed by atoms with Crippen LogP contribution in [0.2, 0.25) is 5.76 Å². The van der Waals surface area contributed by atoms with Gasteiger partial charge in [0.25, 0.3) is 0 Å². The average Bonchev–Trinajstić information content (AvgIpc) is 2.20. The molecule has 0 saturated carbocycles. The van der Waals surface area contributed by atoms with Gasteiger partial charge in [-0.2, -0.15) is 11.8 Å². The van der Waals surface area contributed by atoms with Gasteiger partial charge in [-0.15, -0.1) is 0 Å². The predicted octanol–water partition coefficient (Wildman–Crippen LogP) is 2.04. The Kier molecular flexibility index (Phi) is 8.71. The maximum atomic E-state index is 6.55. The van der Waals surface area contributed by atoms with Crippen molar-refractivity contribution in [2.45, 2.75) is 17.9 Å². The minimum atomic E-state index is 0.134. The Balaban J connectivity index is 0.000000252. The molecule has 0 bridgehead atoms. The van der Waals surface area contributed by atoms with Gasteiger partial charge in [0.2, 0.25) is 0 Å². The predicted molar refractivity (Wildman–Crippen MR) is 63.7 cm³/mol. The average molecular weight is 254 g/mol. The van der Waals surface area contributed by atoms with Gasteiger partial charge >= 0.3 is 55.9 Å². The van der Waals surface area contributed by atoms with Crippen molar-refractivity contribution in [3.63, 3.8) is 0 Å². The molecule has 1 aromatic rings. The van der Waals surface area contributed by atoms with Crippen molar-refractivity contribution in [1.82, 2.24) is 0 Å². The summed E-state index contributed by atoms with van der Waals surface area (Å²) in [5.41, 5.74) is 6.55. The normalized spacial score (nSPS) is 11.4. The van der Waals surface area contributed by atoms with Crippen LogP contribution < -0.4 is 4.40 Å². The van der Waals surface area contributed by atoms with E-state index in [1.165, 1.54) is 4.40 Å². The van der Waals surface area contributed by atoms with Gasteiger partial charge in [0.05, 0.1) is 0 Å². The van der Waals surface area contributed by atoms with Crippen LogP contribution in [0.25, 0.3) is 5.73 Å². The van der Waals surface area contributed by atoms with Crippen molar-refractivity contribution in [3.8, 4) is 0 Å².